The number of fused-ring (bicyclic) bond motifs is 1. The van der Waals surface area contributed by atoms with Gasteiger partial charge in [0.15, 0.2) is 0 Å². The van der Waals surface area contributed by atoms with Gasteiger partial charge in [-0.3, -0.25) is 4.98 Å². The zero-order chi connectivity index (χ0) is 15.8. The summed E-state index contributed by atoms with van der Waals surface area (Å²) in [6.07, 6.45) is 5.79. The lowest BCUT2D eigenvalue weighted by atomic mass is 10.0. The molecule has 2 aromatic heterocycles. The molecule has 1 aromatic carbocycles. The van der Waals surface area contributed by atoms with Crippen LogP contribution in [0.5, 0.6) is 0 Å². The number of nitrogens with zero attached hydrogens (tertiary/aromatic N) is 4. The van der Waals surface area contributed by atoms with E-state index in [2.05, 4.69) is 57.6 Å². The molecule has 0 fully saturated rings. The third-order valence-electron chi connectivity index (χ3n) is 3.98. The minimum absolute atomic E-state index is 0.00625. The Morgan fingerprint density at radius 2 is 1.74 bits per heavy atom. The number of allylic oxidation sites excluding steroid dienone is 1. The highest BCUT2D eigenvalue weighted by Crippen LogP contribution is 2.32. The SMILES string of the molecule is Cc1ccc(C2=C[C@@H](c3ccncc3)n3nc(C)nc3N2)cc1. The zero-order valence-electron chi connectivity index (χ0n) is 13.1. The molecule has 0 radical (unpaired) electrons. The predicted molar refractivity (Wildman–Crippen MR) is 89.9 cm³/mol. The fourth-order valence-corrected chi connectivity index (χ4v) is 2.80. The average Bonchev–Trinajstić information content (AvgIpc) is 2.95. The Morgan fingerprint density at radius 1 is 1.00 bits per heavy atom. The van der Waals surface area contributed by atoms with Gasteiger partial charge >= 0.3 is 0 Å². The lowest BCUT2D eigenvalue weighted by molar-refractivity contribution is 0.607. The quantitative estimate of drug-likeness (QED) is 0.789. The fourth-order valence-electron chi connectivity index (χ4n) is 2.80. The molecule has 0 spiro atoms. The number of aromatic nitrogens is 4. The molecule has 1 aliphatic heterocycles. The van der Waals surface area contributed by atoms with E-state index in [1.54, 1.807) is 12.4 Å². The van der Waals surface area contributed by atoms with E-state index in [1.807, 2.05) is 23.7 Å². The minimum Gasteiger partial charge on any atom is -0.324 e. The molecule has 4 rings (SSSR count). The predicted octanol–water partition coefficient (Wildman–Crippen LogP) is 3.35. The number of pyridine rings is 1. The molecule has 0 amide bonds. The third-order valence-corrected chi connectivity index (χ3v) is 3.98. The number of aryl methyl sites for hydroxylation is 2. The Balaban J connectivity index is 1.82. The van der Waals surface area contributed by atoms with Gasteiger partial charge in [0.1, 0.15) is 11.9 Å². The van der Waals surface area contributed by atoms with Crippen molar-refractivity contribution in [2.75, 3.05) is 5.32 Å². The molecule has 1 aliphatic rings. The molecule has 1 N–H and O–H groups in total. The standard InChI is InChI=1S/C18H17N5/c1-12-3-5-14(6-4-12)16-11-17(15-7-9-19-10-8-15)23-18(21-16)20-13(2)22-23/h3-11,17H,1-2H3,(H,20,21,22)/t17-/m0/s1. The van der Waals surface area contributed by atoms with Crippen LogP contribution in [0.2, 0.25) is 0 Å². The largest absolute Gasteiger partial charge is 0.324 e. The molecule has 0 saturated carbocycles. The Labute approximate surface area is 134 Å². The normalized spacial score (nSPS) is 16.4. The van der Waals surface area contributed by atoms with Crippen molar-refractivity contribution in [3.05, 3.63) is 77.4 Å². The summed E-state index contributed by atoms with van der Waals surface area (Å²) in [7, 11) is 0. The van der Waals surface area contributed by atoms with Crippen molar-refractivity contribution in [1.82, 2.24) is 19.7 Å². The Morgan fingerprint density at radius 3 is 2.48 bits per heavy atom. The summed E-state index contributed by atoms with van der Waals surface area (Å²) < 4.78 is 1.92. The van der Waals surface area contributed by atoms with Crippen LogP contribution in [0.15, 0.2) is 54.9 Å². The van der Waals surface area contributed by atoms with Gasteiger partial charge in [-0.2, -0.15) is 10.1 Å². The summed E-state index contributed by atoms with van der Waals surface area (Å²) in [4.78, 5) is 8.61. The van der Waals surface area contributed by atoms with Gasteiger partial charge in [0.2, 0.25) is 5.95 Å². The molecule has 23 heavy (non-hydrogen) atoms. The van der Waals surface area contributed by atoms with E-state index in [4.69, 9.17) is 0 Å². The van der Waals surface area contributed by atoms with Gasteiger partial charge in [0.05, 0.1) is 0 Å². The van der Waals surface area contributed by atoms with Crippen LogP contribution < -0.4 is 5.32 Å². The average molecular weight is 303 g/mol. The zero-order valence-corrected chi connectivity index (χ0v) is 13.1. The smallest absolute Gasteiger partial charge is 0.226 e. The highest BCUT2D eigenvalue weighted by atomic mass is 15.4. The third kappa shape index (κ3) is 2.50. The van der Waals surface area contributed by atoms with Crippen LogP contribution in [0.1, 0.15) is 28.6 Å². The van der Waals surface area contributed by atoms with Crippen LogP contribution in [0.4, 0.5) is 5.95 Å². The maximum Gasteiger partial charge on any atom is 0.226 e. The Hall–Kier alpha value is -2.95. The summed E-state index contributed by atoms with van der Waals surface area (Å²) in [5.41, 5.74) is 4.57. The van der Waals surface area contributed by atoms with Crippen LogP contribution in [0.3, 0.4) is 0 Å². The minimum atomic E-state index is 0.00625. The van der Waals surface area contributed by atoms with Crippen molar-refractivity contribution < 1.29 is 0 Å². The summed E-state index contributed by atoms with van der Waals surface area (Å²) >= 11 is 0. The second-order valence-corrected chi connectivity index (χ2v) is 5.72. The van der Waals surface area contributed by atoms with Crippen LogP contribution >= 0.6 is 0 Å². The number of nitrogens with one attached hydrogen (secondary N) is 1. The van der Waals surface area contributed by atoms with Gasteiger partial charge in [-0.15, -0.1) is 0 Å². The van der Waals surface area contributed by atoms with Crippen molar-refractivity contribution >= 4 is 11.6 Å². The summed E-state index contributed by atoms with van der Waals surface area (Å²) in [5, 5.41) is 7.92. The van der Waals surface area contributed by atoms with Crippen molar-refractivity contribution in [3.63, 3.8) is 0 Å². The van der Waals surface area contributed by atoms with Gasteiger partial charge in [-0.25, -0.2) is 4.68 Å². The number of rotatable bonds is 2. The van der Waals surface area contributed by atoms with E-state index in [-0.39, 0.29) is 6.04 Å². The molecule has 114 valence electrons. The first kappa shape index (κ1) is 13.7. The summed E-state index contributed by atoms with van der Waals surface area (Å²) in [5.74, 6) is 1.52. The number of hydrogen-bond donors (Lipinski definition) is 1. The number of anilines is 1. The van der Waals surface area contributed by atoms with Gasteiger partial charge in [0, 0.05) is 18.1 Å². The molecule has 5 heteroatoms. The first-order chi connectivity index (χ1) is 11.2. The Kier molecular flexibility index (Phi) is 3.19. The molecule has 3 aromatic rings. The Bertz CT molecular complexity index is 862. The van der Waals surface area contributed by atoms with Crippen molar-refractivity contribution in [3.8, 4) is 0 Å². The lowest BCUT2D eigenvalue weighted by Crippen LogP contribution is -2.20. The summed E-state index contributed by atoms with van der Waals surface area (Å²) in [6.45, 7) is 3.99. The molecule has 5 nitrogen and oxygen atoms in total. The van der Waals surface area contributed by atoms with Crippen LogP contribution in [0.25, 0.3) is 5.70 Å². The van der Waals surface area contributed by atoms with E-state index in [0.29, 0.717) is 0 Å². The monoisotopic (exact) mass is 303 g/mol. The van der Waals surface area contributed by atoms with Crippen LogP contribution in [0, 0.1) is 13.8 Å². The molecule has 0 unspecified atom stereocenters. The number of benzene rings is 1. The van der Waals surface area contributed by atoms with Gasteiger partial charge in [-0.05, 0) is 43.2 Å². The van der Waals surface area contributed by atoms with Crippen molar-refractivity contribution in [1.29, 1.82) is 0 Å². The van der Waals surface area contributed by atoms with E-state index >= 15 is 0 Å². The molecular formula is C18H17N5. The fraction of sp³-hybridized carbons (Fsp3) is 0.167. The number of hydrogen-bond acceptors (Lipinski definition) is 4. The second kappa shape index (κ2) is 5.35. The lowest BCUT2D eigenvalue weighted by Gasteiger charge is -2.24. The highest BCUT2D eigenvalue weighted by Gasteiger charge is 2.24. The van der Waals surface area contributed by atoms with Gasteiger partial charge in [0.25, 0.3) is 0 Å². The first-order valence-electron chi connectivity index (χ1n) is 7.60. The first-order valence-corrected chi connectivity index (χ1v) is 7.60. The van der Waals surface area contributed by atoms with Gasteiger partial charge < -0.3 is 5.32 Å². The van der Waals surface area contributed by atoms with Crippen LogP contribution in [-0.4, -0.2) is 19.7 Å². The highest BCUT2D eigenvalue weighted by molar-refractivity contribution is 5.77. The van der Waals surface area contributed by atoms with Crippen molar-refractivity contribution in [2.24, 2.45) is 0 Å². The molecule has 0 saturated heterocycles. The van der Waals surface area contributed by atoms with E-state index in [9.17, 15) is 0 Å². The van der Waals surface area contributed by atoms with Crippen LogP contribution in [-0.2, 0) is 0 Å². The van der Waals surface area contributed by atoms with E-state index < -0.39 is 0 Å². The summed E-state index contributed by atoms with van der Waals surface area (Å²) in [6, 6.07) is 12.5. The van der Waals surface area contributed by atoms with E-state index in [0.717, 1.165) is 28.6 Å². The molecule has 0 aliphatic carbocycles. The maximum atomic E-state index is 4.53. The maximum absolute atomic E-state index is 4.53. The molecular weight excluding hydrogens is 286 g/mol. The second-order valence-electron chi connectivity index (χ2n) is 5.72. The molecule has 3 heterocycles. The van der Waals surface area contributed by atoms with E-state index in [1.165, 1.54) is 5.56 Å². The topological polar surface area (TPSA) is 55.6 Å². The molecule has 1 atom stereocenters. The van der Waals surface area contributed by atoms with Gasteiger partial charge in [-0.1, -0.05) is 29.8 Å². The molecule has 0 bridgehead atoms. The van der Waals surface area contributed by atoms with Crippen molar-refractivity contribution in [2.45, 2.75) is 19.9 Å².